The average Bonchev–Trinajstić information content (AvgIpc) is 2.30. The molecule has 0 saturated carbocycles. The maximum Gasteiger partial charge on any atom is 0.270 e. The molecule has 7 nitrogen and oxygen atoms in total. The predicted octanol–water partition coefficient (Wildman–Crippen LogP) is -1.04. The summed E-state index contributed by atoms with van der Waals surface area (Å²) in [6, 6.07) is 0. The van der Waals surface area contributed by atoms with Crippen LogP contribution in [0.25, 0.3) is 11.2 Å². The Kier molecular flexibility index (Phi) is 2.82. The third kappa shape index (κ3) is 1.99. The summed E-state index contributed by atoms with van der Waals surface area (Å²) >= 11 is 0. The predicted molar refractivity (Wildman–Crippen MR) is 56.0 cm³/mol. The van der Waals surface area contributed by atoms with E-state index in [9.17, 15) is 14.7 Å². The molecule has 0 aliphatic carbocycles. The number of carbonyl (C=O) groups excluding carboxylic acids is 1. The molecule has 2 heterocycles. The molecular formula is C10H9N4O3-. The van der Waals surface area contributed by atoms with Crippen LogP contribution in [-0.4, -0.2) is 25.9 Å². The number of H-pyrrole nitrogens is 1. The van der Waals surface area contributed by atoms with Crippen LogP contribution < -0.4 is 10.7 Å². The van der Waals surface area contributed by atoms with Crippen LogP contribution in [0.1, 0.15) is 25.0 Å². The molecular weight excluding hydrogens is 224 g/mol. The normalized spacial score (nSPS) is 12.5. The first-order valence-corrected chi connectivity index (χ1v) is 5.04. The molecule has 0 amide bonds. The van der Waals surface area contributed by atoms with Gasteiger partial charge in [-0.1, -0.05) is 6.92 Å². The van der Waals surface area contributed by atoms with E-state index >= 15 is 0 Å². The van der Waals surface area contributed by atoms with Gasteiger partial charge in [-0.25, -0.2) is 15.0 Å². The summed E-state index contributed by atoms with van der Waals surface area (Å²) in [6.07, 6.45) is 2.91. The van der Waals surface area contributed by atoms with Crippen molar-refractivity contribution in [1.82, 2.24) is 19.9 Å². The van der Waals surface area contributed by atoms with Crippen molar-refractivity contribution < 1.29 is 9.90 Å². The minimum absolute atomic E-state index is 0.0845. The Hall–Kier alpha value is -2.31. The highest BCUT2D eigenvalue weighted by Crippen LogP contribution is 2.14. The summed E-state index contributed by atoms with van der Waals surface area (Å²) < 4.78 is 0. The summed E-state index contributed by atoms with van der Waals surface area (Å²) in [7, 11) is 0. The number of carbonyl (C=O) groups is 1. The van der Waals surface area contributed by atoms with Gasteiger partial charge in [-0.15, -0.1) is 0 Å². The molecule has 2 aromatic heterocycles. The van der Waals surface area contributed by atoms with Crippen molar-refractivity contribution >= 4 is 17.1 Å². The van der Waals surface area contributed by atoms with E-state index < -0.39 is 17.4 Å². The molecule has 1 N–H and O–H groups in total. The third-order valence-corrected chi connectivity index (χ3v) is 2.42. The van der Waals surface area contributed by atoms with Gasteiger partial charge in [0.1, 0.15) is 17.5 Å². The zero-order valence-electron chi connectivity index (χ0n) is 9.01. The summed E-state index contributed by atoms with van der Waals surface area (Å²) in [4.78, 5) is 36.6. The van der Waals surface area contributed by atoms with Gasteiger partial charge < -0.3 is 14.9 Å². The Bertz CT molecular complexity index is 622. The van der Waals surface area contributed by atoms with Crippen LogP contribution in [0, 0.1) is 0 Å². The zero-order valence-corrected chi connectivity index (χ0v) is 9.01. The second-order valence-corrected chi connectivity index (χ2v) is 3.49. The molecule has 1 unspecified atom stereocenters. The minimum Gasteiger partial charge on any atom is -0.549 e. The number of fused-ring (bicyclic) bond motifs is 1. The third-order valence-electron chi connectivity index (χ3n) is 2.42. The summed E-state index contributed by atoms with van der Waals surface area (Å²) in [5, 5.41) is 10.9. The molecule has 1 atom stereocenters. The lowest BCUT2D eigenvalue weighted by atomic mass is 10.0. The van der Waals surface area contributed by atoms with Gasteiger partial charge in [-0.05, 0) is 6.42 Å². The second-order valence-electron chi connectivity index (χ2n) is 3.49. The molecule has 0 radical (unpaired) electrons. The lowest BCUT2D eigenvalue weighted by Crippen LogP contribution is -2.33. The molecule has 0 saturated heterocycles. The van der Waals surface area contributed by atoms with Gasteiger partial charge in [0.15, 0.2) is 5.65 Å². The van der Waals surface area contributed by atoms with Crippen LogP contribution >= 0.6 is 0 Å². The first-order chi connectivity index (χ1) is 8.13. The van der Waals surface area contributed by atoms with E-state index in [4.69, 9.17) is 0 Å². The van der Waals surface area contributed by atoms with E-state index in [0.717, 1.165) is 0 Å². The maximum atomic E-state index is 11.7. The van der Waals surface area contributed by atoms with E-state index in [0.29, 0.717) is 5.52 Å². The number of rotatable bonds is 3. The topological polar surface area (TPSA) is 112 Å². The Morgan fingerprint density at radius 3 is 3.00 bits per heavy atom. The lowest BCUT2D eigenvalue weighted by molar-refractivity contribution is -0.308. The quantitative estimate of drug-likeness (QED) is 0.724. The zero-order chi connectivity index (χ0) is 12.4. The number of nitrogens with zero attached hydrogens (tertiary/aromatic N) is 3. The molecule has 0 aromatic carbocycles. The van der Waals surface area contributed by atoms with Gasteiger partial charge in [-0.3, -0.25) is 4.79 Å². The first-order valence-electron chi connectivity index (χ1n) is 5.04. The average molecular weight is 233 g/mol. The van der Waals surface area contributed by atoms with Gasteiger partial charge in [0.25, 0.3) is 5.56 Å². The highest BCUT2D eigenvalue weighted by Gasteiger charge is 2.17. The molecule has 0 fully saturated rings. The molecule has 0 aliphatic heterocycles. The fourth-order valence-corrected chi connectivity index (χ4v) is 1.56. The van der Waals surface area contributed by atoms with E-state index in [2.05, 4.69) is 19.9 Å². The molecule has 0 spiro atoms. The second kappa shape index (κ2) is 4.28. The first kappa shape index (κ1) is 11.2. The van der Waals surface area contributed by atoms with Crippen molar-refractivity contribution in [1.29, 1.82) is 0 Å². The van der Waals surface area contributed by atoms with Crippen LogP contribution in [0.5, 0.6) is 0 Å². The highest BCUT2D eigenvalue weighted by atomic mass is 16.4. The van der Waals surface area contributed by atoms with E-state index in [1.165, 1.54) is 12.5 Å². The Balaban J connectivity index is 2.65. The van der Waals surface area contributed by atoms with E-state index in [1.807, 2.05) is 0 Å². The van der Waals surface area contributed by atoms with Crippen molar-refractivity contribution in [3.63, 3.8) is 0 Å². The number of hydrogen-bond donors (Lipinski definition) is 1. The summed E-state index contributed by atoms with van der Waals surface area (Å²) in [6.45, 7) is 1.64. The van der Waals surface area contributed by atoms with Crippen molar-refractivity contribution in [2.45, 2.75) is 19.3 Å². The molecule has 0 bridgehead atoms. The number of carboxylic acids is 1. The Morgan fingerprint density at radius 2 is 2.35 bits per heavy atom. The van der Waals surface area contributed by atoms with Crippen molar-refractivity contribution in [2.24, 2.45) is 0 Å². The Labute approximate surface area is 95.6 Å². The number of aromatic amines is 1. The number of nitrogens with one attached hydrogen (secondary N) is 1. The van der Waals surface area contributed by atoms with Gasteiger partial charge in [0.2, 0.25) is 0 Å². The van der Waals surface area contributed by atoms with Crippen LogP contribution in [-0.2, 0) is 4.79 Å². The number of aliphatic carboxylic acids is 1. The number of hydrogen-bond acceptors (Lipinski definition) is 6. The standard InChI is InChI=1S/C10H10N4O3/c1-2-5(10(16)17)7-9(15)13-6-3-11-4-12-8(6)14-7/h3-5H,2H2,1H3,(H,13,15)(H,16,17)/p-1. The molecule has 7 heteroatoms. The van der Waals surface area contributed by atoms with Crippen molar-refractivity contribution in [2.75, 3.05) is 0 Å². The lowest BCUT2D eigenvalue weighted by Gasteiger charge is -2.14. The van der Waals surface area contributed by atoms with Crippen molar-refractivity contribution in [3.8, 4) is 0 Å². The molecule has 17 heavy (non-hydrogen) atoms. The SMILES string of the molecule is CCC(C(=O)[O-])c1nc2ncncc2[nH]c1=O. The maximum absolute atomic E-state index is 11.7. The van der Waals surface area contributed by atoms with Crippen LogP contribution in [0.3, 0.4) is 0 Å². The van der Waals surface area contributed by atoms with Gasteiger partial charge in [0, 0.05) is 5.92 Å². The monoisotopic (exact) mass is 233 g/mol. The van der Waals surface area contributed by atoms with Crippen LogP contribution in [0.2, 0.25) is 0 Å². The molecule has 88 valence electrons. The molecule has 2 aromatic rings. The number of carboxylic acid groups (broad SMARTS) is 1. The minimum atomic E-state index is -1.32. The van der Waals surface area contributed by atoms with Gasteiger partial charge in [-0.2, -0.15) is 0 Å². The smallest absolute Gasteiger partial charge is 0.270 e. The van der Waals surface area contributed by atoms with E-state index in [1.54, 1.807) is 6.92 Å². The summed E-state index contributed by atoms with van der Waals surface area (Å²) in [5.74, 6) is -2.35. The van der Waals surface area contributed by atoms with Crippen molar-refractivity contribution in [3.05, 3.63) is 28.6 Å². The highest BCUT2D eigenvalue weighted by molar-refractivity contribution is 5.74. The summed E-state index contributed by atoms with van der Waals surface area (Å²) in [5.41, 5.74) is -0.00852. The largest absolute Gasteiger partial charge is 0.549 e. The molecule has 2 rings (SSSR count). The van der Waals surface area contributed by atoms with Crippen LogP contribution in [0.15, 0.2) is 17.3 Å². The fraction of sp³-hybridized carbons (Fsp3) is 0.300. The van der Waals surface area contributed by atoms with Gasteiger partial charge >= 0.3 is 0 Å². The van der Waals surface area contributed by atoms with Crippen LogP contribution in [0.4, 0.5) is 0 Å². The number of aromatic nitrogens is 4. The fourth-order valence-electron chi connectivity index (χ4n) is 1.56. The van der Waals surface area contributed by atoms with E-state index in [-0.39, 0.29) is 17.8 Å². The molecule has 0 aliphatic rings. The van der Waals surface area contributed by atoms with Gasteiger partial charge in [0.05, 0.1) is 12.2 Å². The Morgan fingerprint density at radius 1 is 1.59 bits per heavy atom.